The Balaban J connectivity index is 1.42. The minimum absolute atomic E-state index is 0.0857. The van der Waals surface area contributed by atoms with Gasteiger partial charge < -0.3 is 10.2 Å². The molecule has 144 valence electrons. The Morgan fingerprint density at radius 2 is 2.07 bits per heavy atom. The lowest BCUT2D eigenvalue weighted by atomic mass is 10.00. The fourth-order valence-corrected chi connectivity index (χ4v) is 4.20. The summed E-state index contributed by atoms with van der Waals surface area (Å²) in [5.41, 5.74) is 3.16. The Morgan fingerprint density at radius 1 is 1.25 bits per heavy atom. The van der Waals surface area contributed by atoms with Crippen LogP contribution in [-0.4, -0.2) is 22.2 Å². The molecule has 3 heterocycles. The predicted molar refractivity (Wildman–Crippen MR) is 111 cm³/mol. The first-order valence-electron chi connectivity index (χ1n) is 9.32. The molecule has 1 amide bonds. The molecule has 2 aromatic heterocycles. The van der Waals surface area contributed by atoms with E-state index in [4.69, 9.17) is 0 Å². The predicted octanol–water partition coefficient (Wildman–Crippen LogP) is 2.74. The number of carbonyl (C=O) groups excluding carboxylic acids is 1. The Kier molecular flexibility index (Phi) is 5.25. The maximum absolute atomic E-state index is 12.5. The maximum Gasteiger partial charge on any atom is 0.269 e. The molecular formula is C21H22N4O2S. The number of hydrogen-bond acceptors (Lipinski definition) is 5. The zero-order chi connectivity index (χ0) is 19.5. The minimum atomic E-state index is -0.268. The fraction of sp³-hybridized carbons (Fsp3) is 0.286. The van der Waals surface area contributed by atoms with Gasteiger partial charge in [-0.3, -0.25) is 9.59 Å². The summed E-state index contributed by atoms with van der Waals surface area (Å²) >= 11 is 1.59. The van der Waals surface area contributed by atoms with E-state index in [1.54, 1.807) is 23.6 Å². The first-order valence-corrected chi connectivity index (χ1v) is 10.2. The van der Waals surface area contributed by atoms with E-state index in [0.717, 1.165) is 30.1 Å². The van der Waals surface area contributed by atoms with Crippen LogP contribution in [0, 0.1) is 0 Å². The van der Waals surface area contributed by atoms with E-state index in [2.05, 4.69) is 33.5 Å². The molecule has 0 aliphatic carbocycles. The van der Waals surface area contributed by atoms with Gasteiger partial charge in [0.05, 0.1) is 17.9 Å². The van der Waals surface area contributed by atoms with Crippen LogP contribution < -0.4 is 15.8 Å². The van der Waals surface area contributed by atoms with Crippen LogP contribution in [0.4, 0.5) is 5.69 Å². The van der Waals surface area contributed by atoms with Gasteiger partial charge in [-0.1, -0.05) is 30.3 Å². The molecule has 0 fully saturated rings. The standard InChI is InChI=1S/C21H22N4O2S/c1-15(19-7-4-10-28-19)23-20(26)14-25-21(27)11-18(12-22-25)24-9-8-16-5-2-3-6-17(16)13-24/h2-7,10-12,15H,8-9,13-14H2,1H3,(H,23,26)/t15-/m1/s1. The fourth-order valence-electron chi connectivity index (χ4n) is 3.46. The van der Waals surface area contributed by atoms with Gasteiger partial charge in [-0.2, -0.15) is 5.10 Å². The minimum Gasteiger partial charge on any atom is -0.365 e. The number of nitrogens with one attached hydrogen (secondary N) is 1. The molecule has 1 N–H and O–H groups in total. The lowest BCUT2D eigenvalue weighted by Gasteiger charge is -2.30. The van der Waals surface area contributed by atoms with Gasteiger partial charge >= 0.3 is 0 Å². The van der Waals surface area contributed by atoms with Gasteiger partial charge in [-0.25, -0.2) is 4.68 Å². The van der Waals surface area contributed by atoms with E-state index in [1.807, 2.05) is 30.5 Å². The third-order valence-electron chi connectivity index (χ3n) is 4.99. The molecule has 0 spiro atoms. The number of carbonyl (C=O) groups is 1. The van der Waals surface area contributed by atoms with Crippen LogP contribution in [0.3, 0.4) is 0 Å². The summed E-state index contributed by atoms with van der Waals surface area (Å²) in [6.07, 6.45) is 2.62. The van der Waals surface area contributed by atoms with Gasteiger partial charge in [0.2, 0.25) is 5.91 Å². The summed E-state index contributed by atoms with van der Waals surface area (Å²) < 4.78 is 1.21. The van der Waals surface area contributed by atoms with E-state index in [-0.39, 0.29) is 24.1 Å². The largest absolute Gasteiger partial charge is 0.365 e. The highest BCUT2D eigenvalue weighted by Crippen LogP contribution is 2.23. The number of anilines is 1. The number of nitrogens with zero attached hydrogens (tertiary/aromatic N) is 3. The highest BCUT2D eigenvalue weighted by atomic mass is 32.1. The first-order chi connectivity index (χ1) is 13.6. The normalized spacial score (nSPS) is 14.4. The number of benzene rings is 1. The number of hydrogen-bond donors (Lipinski definition) is 1. The molecule has 0 unspecified atom stereocenters. The smallest absolute Gasteiger partial charge is 0.269 e. The Hall–Kier alpha value is -2.93. The highest BCUT2D eigenvalue weighted by molar-refractivity contribution is 7.10. The lowest BCUT2D eigenvalue weighted by Crippen LogP contribution is -2.36. The second kappa shape index (κ2) is 7.98. The van der Waals surface area contributed by atoms with Crippen LogP contribution in [0.5, 0.6) is 0 Å². The van der Waals surface area contributed by atoms with E-state index < -0.39 is 0 Å². The SMILES string of the molecule is C[C@@H](NC(=O)Cn1ncc(N2CCc3ccccc3C2)cc1=O)c1cccs1. The third kappa shape index (κ3) is 3.99. The quantitative estimate of drug-likeness (QED) is 0.723. The van der Waals surface area contributed by atoms with Crippen molar-refractivity contribution < 1.29 is 4.79 Å². The average molecular weight is 395 g/mol. The summed E-state index contributed by atoms with van der Waals surface area (Å²) in [5, 5.41) is 9.11. The molecule has 0 radical (unpaired) electrons. The van der Waals surface area contributed by atoms with Gasteiger partial charge in [0, 0.05) is 24.0 Å². The van der Waals surface area contributed by atoms with Crippen LogP contribution in [0.25, 0.3) is 0 Å². The van der Waals surface area contributed by atoms with Crippen molar-refractivity contribution in [3.05, 3.63) is 80.4 Å². The molecule has 0 bridgehead atoms. The third-order valence-corrected chi connectivity index (χ3v) is 6.05. The van der Waals surface area contributed by atoms with Crippen molar-refractivity contribution in [2.45, 2.75) is 32.5 Å². The summed E-state index contributed by atoms with van der Waals surface area (Å²) in [6.45, 7) is 3.45. The summed E-state index contributed by atoms with van der Waals surface area (Å²) in [4.78, 5) is 28.0. The molecule has 4 rings (SSSR count). The van der Waals surface area contributed by atoms with Gasteiger partial charge in [0.1, 0.15) is 6.54 Å². The molecule has 0 saturated carbocycles. The summed E-state index contributed by atoms with van der Waals surface area (Å²) in [5.74, 6) is -0.227. The van der Waals surface area contributed by atoms with Crippen LogP contribution in [0.1, 0.15) is 29.0 Å². The molecule has 1 atom stereocenters. The number of amides is 1. The number of fused-ring (bicyclic) bond motifs is 1. The second-order valence-electron chi connectivity index (χ2n) is 6.95. The van der Waals surface area contributed by atoms with Crippen molar-refractivity contribution in [2.75, 3.05) is 11.4 Å². The lowest BCUT2D eigenvalue weighted by molar-refractivity contribution is -0.122. The second-order valence-corrected chi connectivity index (χ2v) is 7.93. The van der Waals surface area contributed by atoms with Crippen LogP contribution in [-0.2, 0) is 24.3 Å². The van der Waals surface area contributed by atoms with Crippen molar-refractivity contribution in [1.29, 1.82) is 0 Å². The monoisotopic (exact) mass is 394 g/mol. The molecule has 1 aliphatic rings. The Bertz CT molecular complexity index is 1030. The van der Waals surface area contributed by atoms with Gasteiger partial charge in [-0.15, -0.1) is 11.3 Å². The zero-order valence-electron chi connectivity index (χ0n) is 15.7. The topological polar surface area (TPSA) is 67.2 Å². The highest BCUT2D eigenvalue weighted by Gasteiger charge is 2.18. The average Bonchev–Trinajstić information content (AvgIpc) is 3.24. The molecule has 0 saturated heterocycles. The summed E-state index contributed by atoms with van der Waals surface area (Å²) in [6, 6.07) is 13.8. The molecule has 6 nitrogen and oxygen atoms in total. The van der Waals surface area contributed by atoms with E-state index >= 15 is 0 Å². The number of aromatic nitrogens is 2. The molecular weight excluding hydrogens is 372 g/mol. The van der Waals surface area contributed by atoms with Crippen LogP contribution in [0.15, 0.2) is 58.8 Å². The van der Waals surface area contributed by atoms with Gasteiger partial charge in [0.15, 0.2) is 0 Å². The molecule has 28 heavy (non-hydrogen) atoms. The first kappa shape index (κ1) is 18.4. The van der Waals surface area contributed by atoms with Gasteiger partial charge in [-0.05, 0) is 35.9 Å². The van der Waals surface area contributed by atoms with E-state index in [9.17, 15) is 9.59 Å². The van der Waals surface area contributed by atoms with Crippen molar-refractivity contribution in [1.82, 2.24) is 15.1 Å². The Labute approximate surface area is 167 Å². The van der Waals surface area contributed by atoms with Crippen LogP contribution >= 0.6 is 11.3 Å². The molecule has 7 heteroatoms. The maximum atomic E-state index is 12.5. The van der Waals surface area contributed by atoms with Gasteiger partial charge in [0.25, 0.3) is 5.56 Å². The Morgan fingerprint density at radius 3 is 2.82 bits per heavy atom. The number of thiophene rings is 1. The van der Waals surface area contributed by atoms with E-state index in [1.165, 1.54) is 15.8 Å². The van der Waals surface area contributed by atoms with Crippen molar-refractivity contribution in [3.63, 3.8) is 0 Å². The summed E-state index contributed by atoms with van der Waals surface area (Å²) in [7, 11) is 0. The van der Waals surface area contributed by atoms with E-state index in [0.29, 0.717) is 0 Å². The number of rotatable bonds is 5. The van der Waals surface area contributed by atoms with Crippen molar-refractivity contribution in [2.24, 2.45) is 0 Å². The van der Waals surface area contributed by atoms with Crippen molar-refractivity contribution >= 4 is 22.9 Å². The molecule has 1 aliphatic heterocycles. The van der Waals surface area contributed by atoms with Crippen LogP contribution in [0.2, 0.25) is 0 Å². The molecule has 1 aromatic carbocycles. The molecule has 3 aromatic rings. The zero-order valence-corrected chi connectivity index (χ0v) is 16.5. The van der Waals surface area contributed by atoms with Crippen molar-refractivity contribution in [3.8, 4) is 0 Å².